The highest BCUT2D eigenvalue weighted by atomic mass is 35.5. The summed E-state index contributed by atoms with van der Waals surface area (Å²) < 4.78 is 60.6. The topological polar surface area (TPSA) is 125 Å². The van der Waals surface area contributed by atoms with Crippen molar-refractivity contribution >= 4 is 92.4 Å². The number of fused-ring (bicyclic) bond motifs is 3. The minimum Gasteiger partial charge on any atom is -0.359 e. The second kappa shape index (κ2) is 9.47. The highest BCUT2D eigenvalue weighted by Gasteiger charge is 2.44. The Morgan fingerprint density at radius 3 is 2.03 bits per heavy atom. The summed E-state index contributed by atoms with van der Waals surface area (Å²) in [6, 6.07) is 4.84. The molecule has 1 aromatic carbocycles. The van der Waals surface area contributed by atoms with Crippen LogP contribution in [0.25, 0.3) is 20.8 Å². The van der Waals surface area contributed by atoms with Gasteiger partial charge in [-0.2, -0.15) is 20.5 Å². The minimum atomic E-state index is -4.90. The number of hydrogen-bond donors (Lipinski definition) is 1. The maximum Gasteiger partial charge on any atom is 0.297 e. The minimum absolute atomic E-state index is 0.119. The molecule has 0 bridgehead atoms. The van der Waals surface area contributed by atoms with Crippen LogP contribution < -0.4 is 3.71 Å². The number of benzene rings is 1. The van der Waals surface area contributed by atoms with Gasteiger partial charge in [-0.05, 0) is 32.1 Å². The van der Waals surface area contributed by atoms with E-state index in [1.165, 1.54) is 27.3 Å². The molecule has 0 aliphatic heterocycles. The van der Waals surface area contributed by atoms with E-state index in [0.717, 1.165) is 34.8 Å². The maximum absolute atomic E-state index is 14.4. The van der Waals surface area contributed by atoms with Crippen LogP contribution >= 0.6 is 45.9 Å². The molecule has 204 valence electrons. The summed E-state index contributed by atoms with van der Waals surface area (Å²) >= 11 is 15.0. The Bertz CT molecular complexity index is 1980. The van der Waals surface area contributed by atoms with Gasteiger partial charge in [-0.15, -0.1) is 22.7 Å². The van der Waals surface area contributed by atoms with Gasteiger partial charge < -0.3 is 9.88 Å². The van der Waals surface area contributed by atoms with Crippen molar-refractivity contribution in [2.45, 2.75) is 16.5 Å². The smallest absolute Gasteiger partial charge is 0.297 e. The van der Waals surface area contributed by atoms with Crippen LogP contribution in [0.4, 0.5) is 5.69 Å². The number of sulfonamides is 2. The van der Waals surface area contributed by atoms with Crippen LogP contribution in [0.1, 0.15) is 5.56 Å². The first-order chi connectivity index (χ1) is 18.5. The molecule has 5 aromatic heterocycles. The van der Waals surface area contributed by atoms with Gasteiger partial charge in [0.2, 0.25) is 10.1 Å². The Hall–Kier alpha value is -2.66. The molecule has 0 radical (unpaired) electrons. The molecule has 1 N–H and O–H groups in total. The van der Waals surface area contributed by atoms with Gasteiger partial charge in [0.05, 0.1) is 11.2 Å². The van der Waals surface area contributed by atoms with Gasteiger partial charge in [-0.1, -0.05) is 35.3 Å². The van der Waals surface area contributed by atoms with Gasteiger partial charge >= 0.3 is 0 Å². The average Bonchev–Trinajstić information content (AvgIpc) is 3.64. The number of likely N-dealkylation sites (N-methyl/N-ethyl adjacent to an activating group) is 1. The van der Waals surface area contributed by atoms with Crippen molar-refractivity contribution in [3.8, 4) is 0 Å². The number of aromatic amines is 1. The largest absolute Gasteiger partial charge is 0.359 e. The molecule has 0 saturated heterocycles. The fraction of sp³-hybridized carbons (Fsp3) is 0.182. The normalized spacial score (nSPS) is 12.9. The zero-order valence-electron chi connectivity index (χ0n) is 20.2. The summed E-state index contributed by atoms with van der Waals surface area (Å²) in [7, 11) is -5.91. The number of rotatable bonds is 8. The second-order valence-corrected chi connectivity index (χ2v) is 14.9. The summed E-state index contributed by atoms with van der Waals surface area (Å²) in [6.07, 6.45) is 5.34. The first kappa shape index (κ1) is 26.6. The van der Waals surface area contributed by atoms with Crippen LogP contribution in [-0.4, -0.2) is 66.1 Å². The fourth-order valence-electron chi connectivity index (χ4n) is 4.38. The molecule has 0 unspecified atom stereocenters. The quantitative estimate of drug-likeness (QED) is 0.257. The number of imidazole rings is 2. The Kier molecular flexibility index (Phi) is 6.45. The van der Waals surface area contributed by atoms with Crippen LogP contribution in [0.2, 0.25) is 10.3 Å². The zero-order chi connectivity index (χ0) is 27.7. The van der Waals surface area contributed by atoms with E-state index in [-0.39, 0.29) is 16.0 Å². The third kappa shape index (κ3) is 4.15. The first-order valence-corrected chi connectivity index (χ1v) is 16.7. The lowest BCUT2D eigenvalue weighted by Crippen LogP contribution is -2.38. The Morgan fingerprint density at radius 1 is 0.923 bits per heavy atom. The average molecular weight is 645 g/mol. The standard InChI is InChI=1S/C22H19Cl2N7O4S4/c1-28(2)7-6-13-12-25-16-14(13)4-3-5-15(16)31(38(32,33)19-17(23)26-21-29(19)8-10-36-21)39(34,35)20-18(24)27-22-30(20)9-11-37-22/h3-5,8-12,25H,6-7H2,1-2H3. The Labute approximate surface area is 241 Å². The molecule has 0 saturated carbocycles. The van der Waals surface area contributed by atoms with E-state index in [0.29, 0.717) is 31.0 Å². The number of hydrogen-bond acceptors (Lipinski definition) is 9. The molecular formula is C22H19Cl2N7O4S4. The van der Waals surface area contributed by atoms with E-state index < -0.39 is 30.1 Å². The predicted molar refractivity (Wildman–Crippen MR) is 154 cm³/mol. The van der Waals surface area contributed by atoms with Crippen molar-refractivity contribution in [3.05, 3.63) is 63.4 Å². The number of H-pyrrole nitrogens is 1. The third-order valence-electron chi connectivity index (χ3n) is 6.09. The molecule has 0 fully saturated rings. The maximum atomic E-state index is 14.4. The molecule has 6 rings (SSSR count). The number of para-hydroxylation sites is 1. The zero-order valence-corrected chi connectivity index (χ0v) is 25.0. The van der Waals surface area contributed by atoms with E-state index in [9.17, 15) is 16.8 Å². The van der Waals surface area contributed by atoms with Crippen LogP contribution in [0.15, 0.2) is 57.6 Å². The lowest BCUT2D eigenvalue weighted by Gasteiger charge is -2.24. The highest BCUT2D eigenvalue weighted by Crippen LogP contribution is 2.40. The number of nitrogens with zero attached hydrogens (tertiary/aromatic N) is 6. The van der Waals surface area contributed by atoms with Crippen molar-refractivity contribution in [1.82, 2.24) is 28.7 Å². The van der Waals surface area contributed by atoms with Crippen molar-refractivity contribution in [3.63, 3.8) is 0 Å². The van der Waals surface area contributed by atoms with Crippen LogP contribution in [0, 0.1) is 0 Å². The van der Waals surface area contributed by atoms with E-state index in [1.807, 2.05) is 25.1 Å². The molecular weight excluding hydrogens is 625 g/mol. The lowest BCUT2D eigenvalue weighted by atomic mass is 10.1. The molecule has 0 atom stereocenters. The van der Waals surface area contributed by atoms with Gasteiger partial charge in [-0.3, -0.25) is 8.80 Å². The predicted octanol–water partition coefficient (Wildman–Crippen LogP) is 4.58. The number of nitrogens with one attached hydrogen (secondary N) is 1. The van der Waals surface area contributed by atoms with E-state index in [1.54, 1.807) is 23.0 Å². The molecule has 0 spiro atoms. The molecule has 6 aromatic rings. The van der Waals surface area contributed by atoms with Gasteiger partial charge in [0.25, 0.3) is 20.0 Å². The van der Waals surface area contributed by atoms with Gasteiger partial charge in [0, 0.05) is 41.3 Å². The van der Waals surface area contributed by atoms with Crippen molar-refractivity contribution in [1.29, 1.82) is 0 Å². The molecule has 0 amide bonds. The van der Waals surface area contributed by atoms with Crippen molar-refractivity contribution in [2.24, 2.45) is 0 Å². The van der Waals surface area contributed by atoms with Gasteiger partial charge in [0.1, 0.15) is 0 Å². The van der Waals surface area contributed by atoms with E-state index >= 15 is 0 Å². The highest BCUT2D eigenvalue weighted by molar-refractivity contribution is 8.10. The Morgan fingerprint density at radius 2 is 1.49 bits per heavy atom. The van der Waals surface area contributed by atoms with Crippen LogP contribution in [0.5, 0.6) is 0 Å². The molecule has 0 aliphatic rings. The number of halogens is 2. The third-order valence-corrected chi connectivity index (χ3v) is 12.6. The van der Waals surface area contributed by atoms with Gasteiger partial charge in [0.15, 0.2) is 20.2 Å². The molecule has 11 nitrogen and oxygen atoms in total. The summed E-state index contributed by atoms with van der Waals surface area (Å²) in [6.45, 7) is 0.737. The molecule has 0 aliphatic carbocycles. The van der Waals surface area contributed by atoms with Crippen molar-refractivity contribution in [2.75, 3.05) is 24.4 Å². The van der Waals surface area contributed by atoms with E-state index in [4.69, 9.17) is 23.2 Å². The van der Waals surface area contributed by atoms with E-state index in [2.05, 4.69) is 15.0 Å². The summed E-state index contributed by atoms with van der Waals surface area (Å²) in [5.41, 5.74) is 1.11. The monoisotopic (exact) mass is 643 g/mol. The Balaban J connectivity index is 1.65. The number of aromatic nitrogens is 5. The molecule has 39 heavy (non-hydrogen) atoms. The summed E-state index contributed by atoms with van der Waals surface area (Å²) in [4.78, 5) is 13.9. The van der Waals surface area contributed by atoms with Crippen LogP contribution in [0.3, 0.4) is 0 Å². The summed E-state index contributed by atoms with van der Waals surface area (Å²) in [5.74, 6) is 0. The SMILES string of the molecule is CN(C)CCc1c[nH]c2c(N(S(=O)(=O)c3c(Cl)nc4sccn34)S(=O)(=O)c3c(Cl)nc4sccn34)cccc12. The fourth-order valence-corrected chi connectivity index (χ4v) is 10.9. The summed E-state index contributed by atoms with van der Waals surface area (Å²) in [5, 5.41) is 2.26. The second-order valence-electron chi connectivity index (χ2n) is 8.80. The number of anilines is 1. The first-order valence-electron chi connectivity index (χ1n) is 11.3. The molecule has 5 heterocycles. The number of thiazole rings is 2. The van der Waals surface area contributed by atoms with Crippen LogP contribution in [-0.2, 0) is 26.5 Å². The van der Waals surface area contributed by atoms with Gasteiger partial charge in [-0.25, -0.2) is 9.97 Å². The molecule has 17 heteroatoms. The van der Waals surface area contributed by atoms with Crippen molar-refractivity contribution < 1.29 is 16.8 Å². The lowest BCUT2D eigenvalue weighted by molar-refractivity contribution is 0.414.